The summed E-state index contributed by atoms with van der Waals surface area (Å²) in [6.07, 6.45) is 3.42. The molecular formula is C9H15NO. The summed E-state index contributed by atoms with van der Waals surface area (Å²) in [4.78, 5) is 2.38. The van der Waals surface area contributed by atoms with Gasteiger partial charge in [-0.25, -0.2) is 0 Å². The van der Waals surface area contributed by atoms with Crippen LogP contribution in [0.25, 0.3) is 0 Å². The quantitative estimate of drug-likeness (QED) is 0.562. The Morgan fingerprint density at radius 1 is 1.64 bits per heavy atom. The second-order valence-corrected chi connectivity index (χ2v) is 3.83. The molecule has 0 aliphatic carbocycles. The van der Waals surface area contributed by atoms with E-state index in [1.54, 1.807) is 0 Å². The van der Waals surface area contributed by atoms with Crippen molar-refractivity contribution in [3.05, 3.63) is 12.2 Å². The van der Waals surface area contributed by atoms with Crippen LogP contribution in [-0.2, 0) is 0 Å². The van der Waals surface area contributed by atoms with E-state index in [0.29, 0.717) is 6.61 Å². The fourth-order valence-electron chi connectivity index (χ4n) is 2.47. The van der Waals surface area contributed by atoms with Crippen molar-refractivity contribution in [1.29, 1.82) is 0 Å². The van der Waals surface area contributed by atoms with Crippen molar-refractivity contribution in [2.75, 3.05) is 19.7 Å². The van der Waals surface area contributed by atoms with Crippen LogP contribution < -0.4 is 0 Å². The van der Waals surface area contributed by atoms with Crippen molar-refractivity contribution in [3.8, 4) is 0 Å². The molecule has 0 spiro atoms. The summed E-state index contributed by atoms with van der Waals surface area (Å²) < 4.78 is 0. The number of aliphatic hydroxyl groups is 1. The molecule has 2 saturated heterocycles. The number of fused-ring (bicyclic) bond motifs is 1. The van der Waals surface area contributed by atoms with E-state index in [0.717, 1.165) is 25.9 Å². The third-order valence-electron chi connectivity index (χ3n) is 3.03. The van der Waals surface area contributed by atoms with Crippen LogP contribution in [-0.4, -0.2) is 35.2 Å². The molecule has 2 heteroatoms. The largest absolute Gasteiger partial charge is 0.394 e. The normalized spacial score (nSPS) is 38.1. The summed E-state index contributed by atoms with van der Waals surface area (Å²) in [5.41, 5.74) is 1.40. The van der Waals surface area contributed by atoms with Gasteiger partial charge in [0.1, 0.15) is 0 Å². The average molecular weight is 153 g/mol. The first kappa shape index (κ1) is 7.32. The Hall–Kier alpha value is -0.340. The molecule has 0 bridgehead atoms. The van der Waals surface area contributed by atoms with Crippen LogP contribution in [0.5, 0.6) is 0 Å². The average Bonchev–Trinajstić information content (AvgIpc) is 2.43. The lowest BCUT2D eigenvalue weighted by Gasteiger charge is -2.28. The van der Waals surface area contributed by atoms with Gasteiger partial charge < -0.3 is 5.11 Å². The minimum atomic E-state index is 0.108. The number of hydrogen-bond donors (Lipinski definition) is 1. The molecule has 1 atom stereocenters. The topological polar surface area (TPSA) is 23.5 Å². The molecule has 2 fully saturated rings. The Morgan fingerprint density at radius 2 is 2.45 bits per heavy atom. The van der Waals surface area contributed by atoms with Gasteiger partial charge in [-0.05, 0) is 25.8 Å². The molecule has 62 valence electrons. The van der Waals surface area contributed by atoms with Gasteiger partial charge in [0.05, 0.1) is 6.61 Å². The highest BCUT2D eigenvalue weighted by atomic mass is 16.3. The zero-order valence-corrected chi connectivity index (χ0v) is 6.84. The van der Waals surface area contributed by atoms with Crippen molar-refractivity contribution in [3.63, 3.8) is 0 Å². The monoisotopic (exact) mass is 153 g/mol. The van der Waals surface area contributed by atoms with Gasteiger partial charge in [0.15, 0.2) is 0 Å². The van der Waals surface area contributed by atoms with E-state index < -0.39 is 0 Å². The van der Waals surface area contributed by atoms with Crippen LogP contribution >= 0.6 is 0 Å². The maximum atomic E-state index is 9.26. The SMILES string of the molecule is C=C1CN2CCC[C@]2(CO)C1. The summed E-state index contributed by atoms with van der Waals surface area (Å²) in [7, 11) is 0. The molecule has 0 amide bonds. The first-order chi connectivity index (χ1) is 5.27. The van der Waals surface area contributed by atoms with E-state index in [1.807, 2.05) is 0 Å². The number of aliphatic hydroxyl groups excluding tert-OH is 1. The number of rotatable bonds is 1. The molecule has 11 heavy (non-hydrogen) atoms. The molecule has 0 aromatic carbocycles. The number of nitrogens with zero attached hydrogens (tertiary/aromatic N) is 1. The highest BCUT2D eigenvalue weighted by Gasteiger charge is 2.44. The Bertz CT molecular complexity index is 190. The minimum Gasteiger partial charge on any atom is -0.394 e. The van der Waals surface area contributed by atoms with Gasteiger partial charge in [-0.3, -0.25) is 4.90 Å². The molecule has 0 radical (unpaired) electrons. The Labute approximate surface area is 67.5 Å². The van der Waals surface area contributed by atoms with E-state index >= 15 is 0 Å². The first-order valence-corrected chi connectivity index (χ1v) is 4.29. The molecule has 1 N–H and O–H groups in total. The second-order valence-electron chi connectivity index (χ2n) is 3.83. The predicted molar refractivity (Wildman–Crippen MR) is 44.4 cm³/mol. The van der Waals surface area contributed by atoms with Crippen LogP contribution in [0.3, 0.4) is 0 Å². The lowest BCUT2D eigenvalue weighted by atomic mass is 9.94. The van der Waals surface area contributed by atoms with Crippen LogP contribution in [0.15, 0.2) is 12.2 Å². The zero-order chi connectivity index (χ0) is 7.90. The van der Waals surface area contributed by atoms with Crippen molar-refractivity contribution < 1.29 is 5.11 Å². The van der Waals surface area contributed by atoms with Crippen LogP contribution in [0.1, 0.15) is 19.3 Å². The van der Waals surface area contributed by atoms with Crippen molar-refractivity contribution in [2.45, 2.75) is 24.8 Å². The van der Waals surface area contributed by atoms with Gasteiger partial charge in [0.2, 0.25) is 0 Å². The van der Waals surface area contributed by atoms with E-state index in [-0.39, 0.29) is 5.54 Å². The number of hydrogen-bond acceptors (Lipinski definition) is 2. The third kappa shape index (κ3) is 0.932. The third-order valence-corrected chi connectivity index (χ3v) is 3.03. The van der Waals surface area contributed by atoms with Crippen molar-refractivity contribution >= 4 is 0 Å². The first-order valence-electron chi connectivity index (χ1n) is 4.29. The summed E-state index contributed by atoms with van der Waals surface area (Å²) in [6, 6.07) is 0. The lowest BCUT2D eigenvalue weighted by molar-refractivity contribution is 0.1000. The molecule has 2 nitrogen and oxygen atoms in total. The molecule has 0 aromatic rings. The van der Waals surface area contributed by atoms with E-state index in [2.05, 4.69) is 11.5 Å². The van der Waals surface area contributed by atoms with Crippen LogP contribution in [0.2, 0.25) is 0 Å². The highest BCUT2D eigenvalue weighted by Crippen LogP contribution is 2.39. The second kappa shape index (κ2) is 2.32. The molecule has 0 saturated carbocycles. The Morgan fingerprint density at radius 3 is 3.09 bits per heavy atom. The Balaban J connectivity index is 2.21. The molecule has 0 unspecified atom stereocenters. The fraction of sp³-hybridized carbons (Fsp3) is 0.778. The lowest BCUT2D eigenvalue weighted by Crippen LogP contribution is -2.41. The van der Waals surface area contributed by atoms with Gasteiger partial charge >= 0.3 is 0 Å². The standard InChI is InChI=1S/C9H15NO/c1-8-5-9(7-11)3-2-4-10(9)6-8/h11H,1-7H2/t9-/m1/s1. The van der Waals surface area contributed by atoms with Gasteiger partial charge in [-0.1, -0.05) is 12.2 Å². The maximum Gasteiger partial charge on any atom is 0.0618 e. The van der Waals surface area contributed by atoms with Crippen LogP contribution in [0.4, 0.5) is 0 Å². The highest BCUT2D eigenvalue weighted by molar-refractivity contribution is 5.17. The summed E-state index contributed by atoms with van der Waals surface area (Å²) in [5, 5.41) is 9.26. The van der Waals surface area contributed by atoms with E-state index in [1.165, 1.54) is 12.0 Å². The van der Waals surface area contributed by atoms with Gasteiger partial charge in [-0.15, -0.1) is 0 Å². The molecule has 0 aromatic heterocycles. The molecule has 2 heterocycles. The molecule has 2 rings (SSSR count). The summed E-state index contributed by atoms with van der Waals surface area (Å²) in [5.74, 6) is 0. The summed E-state index contributed by atoms with van der Waals surface area (Å²) in [6.45, 7) is 6.46. The predicted octanol–water partition coefficient (Wildman–Crippen LogP) is 0.773. The van der Waals surface area contributed by atoms with Crippen molar-refractivity contribution in [2.24, 2.45) is 0 Å². The van der Waals surface area contributed by atoms with Gasteiger partial charge in [0, 0.05) is 12.1 Å². The minimum absolute atomic E-state index is 0.108. The Kier molecular flexibility index (Phi) is 1.55. The molecule has 2 aliphatic heterocycles. The van der Waals surface area contributed by atoms with Gasteiger partial charge in [0.25, 0.3) is 0 Å². The molecule has 2 aliphatic rings. The smallest absolute Gasteiger partial charge is 0.0618 e. The fourth-order valence-corrected chi connectivity index (χ4v) is 2.47. The van der Waals surface area contributed by atoms with Gasteiger partial charge in [-0.2, -0.15) is 0 Å². The molecular weight excluding hydrogens is 138 g/mol. The van der Waals surface area contributed by atoms with E-state index in [4.69, 9.17) is 0 Å². The summed E-state index contributed by atoms with van der Waals surface area (Å²) >= 11 is 0. The van der Waals surface area contributed by atoms with Crippen molar-refractivity contribution in [1.82, 2.24) is 4.90 Å². The van der Waals surface area contributed by atoms with E-state index in [9.17, 15) is 5.11 Å². The van der Waals surface area contributed by atoms with Crippen LogP contribution in [0, 0.1) is 0 Å². The maximum absolute atomic E-state index is 9.26. The zero-order valence-electron chi connectivity index (χ0n) is 6.84.